The van der Waals surface area contributed by atoms with Crippen molar-refractivity contribution in [3.8, 4) is 0 Å². The van der Waals surface area contributed by atoms with Crippen LogP contribution < -0.4 is 0 Å². The normalized spacial score (nSPS) is 17.0. The molecule has 0 aliphatic rings. The van der Waals surface area contributed by atoms with Crippen molar-refractivity contribution in [1.82, 2.24) is 0 Å². The fourth-order valence-electron chi connectivity index (χ4n) is 1.19. The van der Waals surface area contributed by atoms with Crippen LogP contribution in [0.4, 0.5) is 0 Å². The highest BCUT2D eigenvalue weighted by molar-refractivity contribution is 4.62. The van der Waals surface area contributed by atoms with E-state index in [-0.39, 0.29) is 0 Å². The summed E-state index contributed by atoms with van der Waals surface area (Å²) >= 11 is 0. The van der Waals surface area contributed by atoms with E-state index in [1.165, 1.54) is 12.8 Å². The molecule has 0 amide bonds. The Morgan fingerprint density at radius 3 is 1.00 bits per heavy atom. The van der Waals surface area contributed by atoms with E-state index < -0.39 is 0 Å². The predicted octanol–water partition coefficient (Wildman–Crippen LogP) is 4.35. The topological polar surface area (TPSA) is 0 Å². The van der Waals surface area contributed by atoms with Crippen LogP contribution in [-0.4, -0.2) is 0 Å². The second kappa shape index (κ2) is 5.61. The summed E-state index contributed by atoms with van der Waals surface area (Å²) in [5.74, 6) is 3.49. The van der Waals surface area contributed by atoms with Gasteiger partial charge in [0.2, 0.25) is 0 Å². The summed E-state index contributed by atoms with van der Waals surface area (Å²) < 4.78 is 0. The van der Waals surface area contributed by atoms with E-state index in [1.54, 1.807) is 0 Å². The van der Waals surface area contributed by atoms with Crippen molar-refractivity contribution in [2.24, 2.45) is 23.7 Å². The van der Waals surface area contributed by atoms with Crippen LogP contribution in [0.25, 0.3) is 0 Å². The Labute approximate surface area is 78.8 Å². The lowest BCUT2D eigenvalue weighted by atomic mass is 9.86. The highest BCUT2D eigenvalue weighted by atomic mass is 14.2. The van der Waals surface area contributed by atoms with Crippen molar-refractivity contribution in [3.63, 3.8) is 0 Å². The molecular weight excluding hydrogens is 144 g/mol. The molecule has 0 spiro atoms. The first kappa shape index (κ1) is 12.0. The Bertz CT molecular complexity index is 88.6. The Morgan fingerprint density at radius 2 is 0.833 bits per heavy atom. The molecule has 0 heterocycles. The Morgan fingerprint density at radius 1 is 0.583 bits per heavy atom. The molecule has 0 nitrogen and oxygen atoms in total. The lowest BCUT2D eigenvalue weighted by molar-refractivity contribution is 0.312. The minimum Gasteiger partial charge on any atom is -0.0625 e. The molecule has 0 aliphatic carbocycles. The summed E-state index contributed by atoms with van der Waals surface area (Å²) in [5, 5.41) is 0. The van der Waals surface area contributed by atoms with Gasteiger partial charge in [-0.2, -0.15) is 0 Å². The molecule has 1 unspecified atom stereocenters. The van der Waals surface area contributed by atoms with E-state index in [4.69, 9.17) is 0 Å². The molecule has 0 aliphatic heterocycles. The Balaban J connectivity index is 3.54. The molecule has 0 N–H and O–H groups in total. The third-order valence-electron chi connectivity index (χ3n) is 3.35. The second-order valence-corrected chi connectivity index (χ2v) is 5.02. The Hall–Kier alpha value is 0. The lowest BCUT2D eigenvalue weighted by Gasteiger charge is -2.20. The number of hydrogen-bond acceptors (Lipinski definition) is 0. The van der Waals surface area contributed by atoms with Gasteiger partial charge in [-0.15, -0.1) is 0 Å². The van der Waals surface area contributed by atoms with Gasteiger partial charge in [-0.3, -0.25) is 0 Å². The van der Waals surface area contributed by atoms with Crippen LogP contribution in [0, 0.1) is 23.7 Å². The van der Waals surface area contributed by atoms with E-state index in [1.807, 2.05) is 0 Å². The van der Waals surface area contributed by atoms with Crippen molar-refractivity contribution in [2.45, 2.75) is 54.4 Å². The molecule has 0 radical (unpaired) electrons. The first-order chi connectivity index (χ1) is 5.45. The van der Waals surface area contributed by atoms with Crippen molar-refractivity contribution in [2.75, 3.05) is 0 Å². The second-order valence-electron chi connectivity index (χ2n) is 5.02. The van der Waals surface area contributed by atoms with Crippen LogP contribution in [-0.2, 0) is 0 Å². The van der Waals surface area contributed by atoms with Crippen LogP contribution >= 0.6 is 0 Å². The van der Waals surface area contributed by atoms with Crippen molar-refractivity contribution in [3.05, 3.63) is 0 Å². The summed E-state index contributed by atoms with van der Waals surface area (Å²) in [6.45, 7) is 14.0. The molecule has 0 aromatic carbocycles. The molecule has 0 bridgehead atoms. The molecule has 0 aromatic heterocycles. The lowest BCUT2D eigenvalue weighted by Crippen LogP contribution is -2.09. The first-order valence-corrected chi connectivity index (χ1v) is 5.45. The van der Waals surface area contributed by atoms with E-state index >= 15 is 0 Å². The number of rotatable bonds is 5. The summed E-state index contributed by atoms with van der Waals surface area (Å²) in [6.07, 6.45) is 2.80. The van der Waals surface area contributed by atoms with Crippen LogP contribution in [0.15, 0.2) is 0 Å². The third kappa shape index (κ3) is 4.79. The van der Waals surface area contributed by atoms with Crippen LogP contribution in [0.2, 0.25) is 0 Å². The summed E-state index contributed by atoms with van der Waals surface area (Å²) in [6, 6.07) is 0. The van der Waals surface area contributed by atoms with E-state index in [9.17, 15) is 0 Å². The molecule has 0 saturated carbocycles. The predicted molar refractivity (Wildman–Crippen MR) is 57.2 cm³/mol. The zero-order valence-electron chi connectivity index (χ0n) is 9.72. The fourth-order valence-corrected chi connectivity index (χ4v) is 1.19. The van der Waals surface area contributed by atoms with Gasteiger partial charge in [0, 0.05) is 0 Å². The smallest absolute Gasteiger partial charge is 0.0420 e. The minimum atomic E-state index is 0.851. The van der Waals surface area contributed by atoms with Gasteiger partial charge < -0.3 is 0 Å². The highest BCUT2D eigenvalue weighted by Gasteiger charge is 2.11. The Kier molecular flexibility index (Phi) is 5.61. The van der Waals surface area contributed by atoms with Crippen molar-refractivity contribution < 1.29 is 0 Å². The standard InChI is InChI=1S/C12H26/c1-9(2)11(5)7-8-12(6)10(3)4/h9-12H,7-8H2,1-6H3/t11-,12?/m0/s1. The fraction of sp³-hybridized carbons (Fsp3) is 1.00. The van der Waals surface area contributed by atoms with Crippen LogP contribution in [0.5, 0.6) is 0 Å². The molecule has 0 saturated heterocycles. The van der Waals surface area contributed by atoms with Gasteiger partial charge in [-0.05, 0) is 23.7 Å². The maximum atomic E-state index is 2.37. The van der Waals surface area contributed by atoms with Gasteiger partial charge in [0.25, 0.3) is 0 Å². The van der Waals surface area contributed by atoms with E-state index in [0.29, 0.717) is 0 Å². The largest absolute Gasteiger partial charge is 0.0625 e. The third-order valence-corrected chi connectivity index (χ3v) is 3.35. The molecule has 2 atom stereocenters. The monoisotopic (exact) mass is 170 g/mol. The van der Waals surface area contributed by atoms with Gasteiger partial charge in [0.1, 0.15) is 0 Å². The average Bonchev–Trinajstić information content (AvgIpc) is 1.98. The average molecular weight is 170 g/mol. The van der Waals surface area contributed by atoms with Crippen LogP contribution in [0.3, 0.4) is 0 Å². The molecule has 74 valence electrons. The highest BCUT2D eigenvalue weighted by Crippen LogP contribution is 2.22. The zero-order chi connectivity index (χ0) is 9.72. The molecule has 0 rings (SSSR count). The molecule has 0 aromatic rings. The van der Waals surface area contributed by atoms with Crippen molar-refractivity contribution in [1.29, 1.82) is 0 Å². The van der Waals surface area contributed by atoms with E-state index in [2.05, 4.69) is 41.5 Å². The quantitative estimate of drug-likeness (QED) is 0.575. The first-order valence-electron chi connectivity index (χ1n) is 5.45. The maximum absolute atomic E-state index is 2.37. The van der Waals surface area contributed by atoms with Gasteiger partial charge >= 0.3 is 0 Å². The molecule has 0 heteroatoms. The van der Waals surface area contributed by atoms with Crippen LogP contribution in [0.1, 0.15) is 54.4 Å². The van der Waals surface area contributed by atoms with Gasteiger partial charge in [-0.25, -0.2) is 0 Å². The summed E-state index contributed by atoms with van der Waals surface area (Å²) in [7, 11) is 0. The summed E-state index contributed by atoms with van der Waals surface area (Å²) in [4.78, 5) is 0. The van der Waals surface area contributed by atoms with Gasteiger partial charge in [0.05, 0.1) is 0 Å². The summed E-state index contributed by atoms with van der Waals surface area (Å²) in [5.41, 5.74) is 0. The minimum absolute atomic E-state index is 0.851. The van der Waals surface area contributed by atoms with Gasteiger partial charge in [0.15, 0.2) is 0 Å². The molecule has 12 heavy (non-hydrogen) atoms. The SMILES string of the molecule is CC(C)C(C)CC[C@H](C)C(C)C. The zero-order valence-corrected chi connectivity index (χ0v) is 9.72. The molecule has 0 fully saturated rings. The van der Waals surface area contributed by atoms with Gasteiger partial charge in [-0.1, -0.05) is 54.4 Å². The van der Waals surface area contributed by atoms with Crippen molar-refractivity contribution >= 4 is 0 Å². The maximum Gasteiger partial charge on any atom is -0.0420 e. The van der Waals surface area contributed by atoms with E-state index in [0.717, 1.165) is 23.7 Å². The number of hydrogen-bond donors (Lipinski definition) is 0. The molecular formula is C12H26.